The van der Waals surface area contributed by atoms with E-state index in [4.69, 9.17) is 20.0 Å². The minimum Gasteiger partial charge on any atom is -0.545 e. The molecule has 0 saturated heterocycles. The van der Waals surface area contributed by atoms with Crippen LogP contribution in [0.2, 0.25) is 0 Å². The van der Waals surface area contributed by atoms with Crippen LogP contribution in [0.15, 0.2) is 103 Å². The summed E-state index contributed by atoms with van der Waals surface area (Å²) in [6.07, 6.45) is 0. The normalized spacial score (nSPS) is 15.7. The molecule has 5 aliphatic rings. The standard InChI is InChI=1S/C36H18N8O8.Gd/c45-33(46)13-1-5-17-21(9-13)29-37-25(17)41-30-22-10-14(34(47)48)2-6-18(22)27(38-30)43-32-24-12-16(36(51)52)4-8-20(24)28(40-32)44-31-23-11-15(35(49)50)3-7-19(23)26(39-31)42-29;/h1-12H,(H,45,46)(H,47,48)(H,49,50)(H,51,52)(H2,37,38,39,40,41,42,43,44);/q;+3/p-2. The number of carboxylic acid groups (broad SMARTS) is 4. The molecular weight excluding hydrogens is 830 g/mol. The van der Waals surface area contributed by atoms with Gasteiger partial charge in [0.05, 0.1) is 45.4 Å². The van der Waals surface area contributed by atoms with Gasteiger partial charge in [-0.15, -0.1) is 0 Å². The minimum absolute atomic E-state index is 0. The Kier molecular flexibility index (Phi) is 7.97. The summed E-state index contributed by atoms with van der Waals surface area (Å²) in [5.74, 6) is -4.17. The Balaban J connectivity index is 0.00000400. The molecule has 0 atom stereocenters. The molecule has 0 unspecified atom stereocenters. The number of quaternary nitrogens is 2. The van der Waals surface area contributed by atoms with Crippen LogP contribution in [0.4, 0.5) is 0 Å². The number of carboxylic acids is 4. The van der Waals surface area contributed by atoms with E-state index in [-0.39, 0.29) is 97.2 Å². The predicted molar refractivity (Wildman–Crippen MR) is 172 cm³/mol. The Morgan fingerprint density at radius 2 is 0.792 bits per heavy atom. The van der Waals surface area contributed by atoms with Crippen molar-refractivity contribution in [3.8, 4) is 0 Å². The largest absolute Gasteiger partial charge is 3.00 e. The quantitative estimate of drug-likeness (QED) is 0.199. The van der Waals surface area contributed by atoms with Crippen LogP contribution in [0, 0.1) is 39.9 Å². The van der Waals surface area contributed by atoms with Crippen LogP contribution in [0.1, 0.15) is 74.8 Å². The molecule has 53 heavy (non-hydrogen) atoms. The second kappa shape index (κ2) is 12.5. The summed E-state index contributed by atoms with van der Waals surface area (Å²) in [5.41, 5.74) is 1.78. The first-order valence-electron chi connectivity index (χ1n) is 15.4. The van der Waals surface area contributed by atoms with Crippen LogP contribution in [0.25, 0.3) is 11.6 Å². The Morgan fingerprint density at radius 3 is 1.34 bits per heavy atom. The third-order valence-corrected chi connectivity index (χ3v) is 8.96. The van der Waals surface area contributed by atoms with Crippen molar-refractivity contribution in [2.45, 2.75) is 0 Å². The Morgan fingerprint density at radius 1 is 0.396 bits per heavy atom. The van der Waals surface area contributed by atoms with Gasteiger partial charge in [-0.3, -0.25) is 0 Å². The van der Waals surface area contributed by atoms with Gasteiger partial charge in [0.1, 0.15) is 0 Å². The minimum atomic E-state index is -1.43. The second-order valence-electron chi connectivity index (χ2n) is 12.0. The number of hydrogen-bond donors (Lipinski definition) is 2. The van der Waals surface area contributed by atoms with Crippen molar-refractivity contribution in [3.05, 3.63) is 139 Å². The number of aromatic carboxylic acids is 4. The third kappa shape index (κ3) is 5.54. The number of carbonyl (C=O) groups is 4. The van der Waals surface area contributed by atoms with E-state index in [0.29, 0.717) is 55.5 Å². The number of nitrogens with two attached hydrogens (primary N) is 2. The van der Waals surface area contributed by atoms with Crippen molar-refractivity contribution in [2.75, 3.05) is 0 Å². The molecule has 0 saturated carbocycles. The fourth-order valence-corrected chi connectivity index (χ4v) is 6.49. The summed E-state index contributed by atoms with van der Waals surface area (Å²) in [6, 6.07) is 16.9. The van der Waals surface area contributed by atoms with Crippen molar-refractivity contribution in [2.24, 2.45) is 30.0 Å². The smallest absolute Gasteiger partial charge is 0.545 e. The zero-order valence-corrected chi connectivity index (χ0v) is 28.7. The zero-order chi connectivity index (χ0) is 36.0. The molecule has 0 fully saturated rings. The van der Waals surface area contributed by atoms with E-state index in [0.717, 1.165) is 0 Å². The van der Waals surface area contributed by atoms with E-state index in [2.05, 4.69) is 9.98 Å². The van der Waals surface area contributed by atoms with Gasteiger partial charge >= 0.3 is 39.9 Å². The maximum atomic E-state index is 11.9. The molecule has 5 aliphatic heterocycles. The molecule has 0 amide bonds. The van der Waals surface area contributed by atoms with Gasteiger partial charge in [0.2, 0.25) is 23.3 Å². The fraction of sp³-hybridized carbons (Fsp3) is 0. The molecule has 9 rings (SSSR count). The number of fused-ring (bicyclic) bond motifs is 16. The summed E-state index contributed by atoms with van der Waals surface area (Å²) < 4.78 is 0. The predicted octanol–water partition coefficient (Wildman–Crippen LogP) is -5.95. The number of nitrogens with zero attached hydrogens (tertiary/aromatic N) is 6. The molecule has 4 aromatic carbocycles. The summed E-state index contributed by atoms with van der Waals surface area (Å²) in [6.45, 7) is 0. The van der Waals surface area contributed by atoms with Crippen LogP contribution in [0.5, 0.6) is 0 Å². The molecule has 8 bridgehead atoms. The molecule has 0 aromatic heterocycles. The Hall–Kier alpha value is -6.24. The van der Waals surface area contributed by atoms with Gasteiger partial charge in [-0.05, 0) is 70.8 Å². The molecule has 16 nitrogen and oxygen atoms in total. The Labute approximate surface area is 327 Å². The van der Waals surface area contributed by atoms with Crippen LogP contribution in [0.3, 0.4) is 0 Å². The maximum Gasteiger partial charge on any atom is 3.00 e. The fourth-order valence-electron chi connectivity index (χ4n) is 6.49. The topological polar surface area (TPSA) is 268 Å². The number of amidine groups is 6. The number of hydrogen-bond acceptors (Lipinski definition) is 14. The molecule has 5 heterocycles. The zero-order valence-electron chi connectivity index (χ0n) is 26.4. The molecule has 0 aliphatic carbocycles. The monoisotopic (exact) mass is 846 g/mol. The molecule has 255 valence electrons. The van der Waals surface area contributed by atoms with Crippen molar-refractivity contribution in [3.63, 3.8) is 0 Å². The summed E-state index contributed by atoms with van der Waals surface area (Å²) in [4.78, 5) is 76.0. The van der Waals surface area contributed by atoms with Crippen LogP contribution in [-0.4, -0.2) is 58.9 Å². The first-order valence-corrected chi connectivity index (χ1v) is 15.4. The van der Waals surface area contributed by atoms with E-state index in [1.807, 2.05) is 0 Å². The summed E-state index contributed by atoms with van der Waals surface area (Å²) >= 11 is 0. The van der Waals surface area contributed by atoms with Gasteiger partial charge in [-0.2, -0.15) is 20.0 Å². The van der Waals surface area contributed by atoms with E-state index < -0.39 is 23.9 Å². The van der Waals surface area contributed by atoms with Crippen LogP contribution >= 0.6 is 0 Å². The molecular formula is C36H16GdN8O8+. The first kappa shape index (κ1) is 33.9. The van der Waals surface area contributed by atoms with Crippen molar-refractivity contribution in [1.29, 1.82) is 0 Å². The van der Waals surface area contributed by atoms with Gasteiger partial charge in [0, 0.05) is 22.3 Å². The maximum absolute atomic E-state index is 11.9. The van der Waals surface area contributed by atoms with E-state index >= 15 is 0 Å². The van der Waals surface area contributed by atoms with Gasteiger partial charge in [-0.25, -0.2) is 20.6 Å². The van der Waals surface area contributed by atoms with Gasteiger partial charge in [0.25, 0.3) is 0 Å². The molecule has 17 heteroatoms. The van der Waals surface area contributed by atoms with Gasteiger partial charge < -0.3 is 39.6 Å². The van der Waals surface area contributed by atoms with Crippen molar-refractivity contribution < 1.29 is 90.2 Å². The second-order valence-corrected chi connectivity index (χ2v) is 12.0. The SMILES string of the molecule is O=C([O-])c1ccc2c(c1)C1=NC2=NC2=c3cc(C(=O)[O-])ccc3=C(N=C3N=C(N=C4[NH2+]C(=N1)c1ccc(C(=O)[O-])cc14)c1ccc(C(=O)[O-])cc13)[NH2+]2.[Gd+3]. The molecule has 1 radical (unpaired) electrons. The van der Waals surface area contributed by atoms with Crippen LogP contribution in [-0.2, 0) is 0 Å². The molecule has 4 N–H and O–H groups in total. The number of benzene rings is 4. The van der Waals surface area contributed by atoms with E-state index in [1.165, 1.54) is 72.8 Å². The molecule has 0 spiro atoms. The number of aliphatic imine (C=N–C) groups is 6. The first-order chi connectivity index (χ1) is 25.0. The Bertz CT molecular complexity index is 2820. The molecule has 4 aromatic rings. The third-order valence-electron chi connectivity index (χ3n) is 8.96. The van der Waals surface area contributed by atoms with E-state index in [1.54, 1.807) is 10.6 Å². The summed E-state index contributed by atoms with van der Waals surface area (Å²) in [7, 11) is 0. The number of carbonyl (C=O) groups excluding carboxylic acids is 4. The van der Waals surface area contributed by atoms with Crippen LogP contribution < -0.4 is 41.5 Å². The van der Waals surface area contributed by atoms with Crippen molar-refractivity contribution in [1.82, 2.24) is 0 Å². The van der Waals surface area contributed by atoms with Gasteiger partial charge in [0.15, 0.2) is 23.3 Å². The van der Waals surface area contributed by atoms with Gasteiger partial charge in [-0.1, -0.05) is 24.3 Å². The van der Waals surface area contributed by atoms with Crippen molar-refractivity contribution >= 4 is 70.5 Å². The van der Waals surface area contributed by atoms with E-state index in [9.17, 15) is 39.6 Å². The number of rotatable bonds is 4. The summed E-state index contributed by atoms with van der Waals surface area (Å²) in [5, 5.41) is 51.5. The average Bonchev–Trinajstić information content (AvgIpc) is 3.85. The average molecular weight is 846 g/mol.